The fourth-order valence-electron chi connectivity index (χ4n) is 3.20. The van der Waals surface area contributed by atoms with Crippen LogP contribution >= 0.6 is 0 Å². The van der Waals surface area contributed by atoms with Crippen LogP contribution in [0.1, 0.15) is 49.9 Å². The van der Waals surface area contributed by atoms with Gasteiger partial charge in [-0.15, -0.1) is 0 Å². The first kappa shape index (κ1) is 17.5. The number of nitrogens with zero attached hydrogens (tertiary/aromatic N) is 2. The highest BCUT2D eigenvalue weighted by molar-refractivity contribution is 5.94. The average Bonchev–Trinajstić information content (AvgIpc) is 2.91. The second-order valence-corrected chi connectivity index (χ2v) is 7.01. The first-order valence-corrected chi connectivity index (χ1v) is 9.26. The third-order valence-corrected chi connectivity index (χ3v) is 4.58. The predicted molar refractivity (Wildman–Crippen MR) is 103 cm³/mol. The Morgan fingerprint density at radius 1 is 0.960 bits per heavy atom. The number of aromatic nitrogens is 1. The van der Waals surface area contributed by atoms with Gasteiger partial charge in [0.1, 0.15) is 5.82 Å². The Kier molecular flexibility index (Phi) is 5.69. The van der Waals surface area contributed by atoms with Crippen LogP contribution in [0.5, 0.6) is 0 Å². The van der Waals surface area contributed by atoms with E-state index in [4.69, 9.17) is 0 Å². The van der Waals surface area contributed by atoms with Crippen molar-refractivity contribution >= 4 is 11.7 Å². The monoisotopic (exact) mass is 337 g/mol. The lowest BCUT2D eigenvalue weighted by Gasteiger charge is -2.21. The van der Waals surface area contributed by atoms with Crippen LogP contribution in [0, 0.1) is 0 Å². The Morgan fingerprint density at radius 2 is 1.60 bits per heavy atom. The lowest BCUT2D eigenvalue weighted by molar-refractivity contribution is 0.0943. The van der Waals surface area contributed by atoms with Gasteiger partial charge in [0.05, 0.1) is 0 Å². The summed E-state index contributed by atoms with van der Waals surface area (Å²) >= 11 is 0. The van der Waals surface area contributed by atoms with Gasteiger partial charge in [-0.2, -0.15) is 0 Å². The molecule has 4 heteroatoms. The summed E-state index contributed by atoms with van der Waals surface area (Å²) in [5.74, 6) is 1.04. The molecule has 132 valence electrons. The minimum atomic E-state index is -0.0313. The van der Waals surface area contributed by atoms with Gasteiger partial charge in [0.15, 0.2) is 0 Å². The normalized spacial score (nSPS) is 15.1. The van der Waals surface area contributed by atoms with Crippen molar-refractivity contribution in [3.8, 4) is 11.1 Å². The molecule has 1 aromatic carbocycles. The van der Waals surface area contributed by atoms with Crippen LogP contribution in [0.2, 0.25) is 0 Å². The van der Waals surface area contributed by atoms with E-state index in [0.29, 0.717) is 5.56 Å². The van der Waals surface area contributed by atoms with Crippen molar-refractivity contribution in [1.82, 2.24) is 10.3 Å². The van der Waals surface area contributed by atoms with Crippen LogP contribution in [0.15, 0.2) is 42.6 Å². The smallest absolute Gasteiger partial charge is 0.251 e. The summed E-state index contributed by atoms with van der Waals surface area (Å²) in [4.78, 5) is 19.1. The van der Waals surface area contributed by atoms with Crippen LogP contribution in [0.3, 0.4) is 0 Å². The largest absolute Gasteiger partial charge is 0.357 e. The molecule has 0 bridgehead atoms. The summed E-state index contributed by atoms with van der Waals surface area (Å²) in [7, 11) is 0. The number of nitrogens with one attached hydrogen (secondary N) is 1. The van der Waals surface area contributed by atoms with Gasteiger partial charge < -0.3 is 10.2 Å². The minimum absolute atomic E-state index is 0.0313. The van der Waals surface area contributed by atoms with E-state index in [0.717, 1.165) is 30.0 Å². The van der Waals surface area contributed by atoms with Crippen LogP contribution in [-0.2, 0) is 0 Å². The van der Waals surface area contributed by atoms with Gasteiger partial charge in [0, 0.05) is 36.5 Å². The maximum absolute atomic E-state index is 12.0. The Hall–Kier alpha value is -2.36. The topological polar surface area (TPSA) is 45.2 Å². The van der Waals surface area contributed by atoms with Crippen molar-refractivity contribution in [1.29, 1.82) is 0 Å². The number of rotatable bonds is 4. The number of carbonyl (C=O) groups excluding carboxylic acids is 1. The zero-order chi connectivity index (χ0) is 17.6. The molecule has 1 aliphatic rings. The van der Waals surface area contributed by atoms with Gasteiger partial charge >= 0.3 is 0 Å². The summed E-state index contributed by atoms with van der Waals surface area (Å²) in [5, 5.41) is 2.91. The van der Waals surface area contributed by atoms with Crippen LogP contribution in [-0.4, -0.2) is 30.0 Å². The molecule has 1 N–H and O–H groups in total. The van der Waals surface area contributed by atoms with E-state index in [9.17, 15) is 4.79 Å². The summed E-state index contributed by atoms with van der Waals surface area (Å²) in [6.45, 7) is 6.13. The maximum Gasteiger partial charge on any atom is 0.251 e. The Balaban J connectivity index is 1.70. The number of benzene rings is 1. The van der Waals surface area contributed by atoms with E-state index in [1.54, 1.807) is 0 Å². The molecule has 2 heterocycles. The van der Waals surface area contributed by atoms with Gasteiger partial charge in [-0.1, -0.05) is 25.0 Å². The van der Waals surface area contributed by atoms with E-state index in [2.05, 4.69) is 27.3 Å². The molecule has 25 heavy (non-hydrogen) atoms. The molecular formula is C21H27N3O. The third kappa shape index (κ3) is 4.59. The molecule has 3 rings (SSSR count). The molecule has 4 nitrogen and oxygen atoms in total. The standard InChI is InChI=1S/C21H27N3O/c1-16(2)23-21(25)18-9-7-17(8-10-18)19-11-12-20(22-15-19)24-13-5-3-4-6-14-24/h7-12,15-16H,3-6,13-14H2,1-2H3,(H,23,25). The fourth-order valence-corrected chi connectivity index (χ4v) is 3.20. The Bertz CT molecular complexity index is 684. The first-order valence-electron chi connectivity index (χ1n) is 9.26. The quantitative estimate of drug-likeness (QED) is 0.906. The second-order valence-electron chi connectivity index (χ2n) is 7.01. The van der Waals surface area contributed by atoms with E-state index in [1.807, 2.05) is 44.3 Å². The van der Waals surface area contributed by atoms with E-state index < -0.39 is 0 Å². The second kappa shape index (κ2) is 8.15. The summed E-state index contributed by atoms with van der Waals surface area (Å²) in [6.07, 6.45) is 7.09. The molecule has 1 fully saturated rings. The number of hydrogen-bond acceptors (Lipinski definition) is 3. The van der Waals surface area contributed by atoms with E-state index in [-0.39, 0.29) is 11.9 Å². The van der Waals surface area contributed by atoms with Crippen molar-refractivity contribution in [3.63, 3.8) is 0 Å². The molecule has 0 unspecified atom stereocenters. The van der Waals surface area contributed by atoms with Crippen LogP contribution < -0.4 is 10.2 Å². The molecule has 0 spiro atoms. The Labute approximate surface area is 150 Å². The molecular weight excluding hydrogens is 310 g/mol. The molecule has 1 aliphatic heterocycles. The predicted octanol–water partition coefficient (Wildman–Crippen LogP) is 4.27. The lowest BCUT2D eigenvalue weighted by atomic mass is 10.1. The summed E-state index contributed by atoms with van der Waals surface area (Å²) in [6, 6.07) is 12.1. The van der Waals surface area contributed by atoms with Gasteiger partial charge in [0.25, 0.3) is 5.91 Å². The van der Waals surface area contributed by atoms with Crippen molar-refractivity contribution in [2.24, 2.45) is 0 Å². The molecule has 1 aromatic heterocycles. The van der Waals surface area contributed by atoms with Gasteiger partial charge in [-0.05, 0) is 56.5 Å². The molecule has 1 saturated heterocycles. The van der Waals surface area contributed by atoms with Gasteiger partial charge in [-0.3, -0.25) is 4.79 Å². The van der Waals surface area contributed by atoms with Gasteiger partial charge in [-0.25, -0.2) is 4.98 Å². The maximum atomic E-state index is 12.0. The number of hydrogen-bond donors (Lipinski definition) is 1. The van der Waals surface area contributed by atoms with Crippen molar-refractivity contribution in [2.75, 3.05) is 18.0 Å². The molecule has 0 saturated carbocycles. The van der Waals surface area contributed by atoms with Crippen molar-refractivity contribution < 1.29 is 4.79 Å². The van der Waals surface area contributed by atoms with Crippen molar-refractivity contribution in [3.05, 3.63) is 48.2 Å². The highest BCUT2D eigenvalue weighted by atomic mass is 16.1. The molecule has 0 radical (unpaired) electrons. The zero-order valence-corrected chi connectivity index (χ0v) is 15.2. The summed E-state index contributed by atoms with van der Waals surface area (Å²) < 4.78 is 0. The highest BCUT2D eigenvalue weighted by Crippen LogP contribution is 2.23. The lowest BCUT2D eigenvalue weighted by Crippen LogP contribution is -2.29. The molecule has 2 aromatic rings. The first-order chi connectivity index (χ1) is 12.1. The SMILES string of the molecule is CC(C)NC(=O)c1ccc(-c2ccc(N3CCCCCC3)nc2)cc1. The van der Waals surface area contributed by atoms with Crippen molar-refractivity contribution in [2.45, 2.75) is 45.6 Å². The molecule has 0 atom stereocenters. The number of carbonyl (C=O) groups is 1. The van der Waals surface area contributed by atoms with E-state index in [1.165, 1.54) is 25.7 Å². The molecule has 0 aliphatic carbocycles. The van der Waals surface area contributed by atoms with Crippen LogP contribution in [0.25, 0.3) is 11.1 Å². The highest BCUT2D eigenvalue weighted by Gasteiger charge is 2.11. The number of anilines is 1. The fraction of sp³-hybridized carbons (Fsp3) is 0.429. The third-order valence-electron chi connectivity index (χ3n) is 4.58. The Morgan fingerprint density at radius 3 is 2.16 bits per heavy atom. The van der Waals surface area contributed by atoms with Gasteiger partial charge in [0.2, 0.25) is 0 Å². The average molecular weight is 337 g/mol. The molecule has 1 amide bonds. The van der Waals surface area contributed by atoms with Crippen LogP contribution in [0.4, 0.5) is 5.82 Å². The van der Waals surface area contributed by atoms with E-state index >= 15 is 0 Å². The number of pyridine rings is 1. The number of amides is 1. The summed E-state index contributed by atoms with van der Waals surface area (Å²) in [5.41, 5.74) is 2.84. The zero-order valence-electron chi connectivity index (χ0n) is 15.2. The minimum Gasteiger partial charge on any atom is -0.357 e.